The fourth-order valence-corrected chi connectivity index (χ4v) is 2.41. The van der Waals surface area contributed by atoms with Crippen LogP contribution in [0.3, 0.4) is 0 Å². The van der Waals surface area contributed by atoms with Gasteiger partial charge in [0.25, 0.3) is 5.91 Å². The number of ether oxygens (including phenoxy) is 1. The Morgan fingerprint density at radius 3 is 2.25 bits per heavy atom. The van der Waals surface area contributed by atoms with Crippen LogP contribution < -0.4 is 5.32 Å². The summed E-state index contributed by atoms with van der Waals surface area (Å²) in [7, 11) is 0. The van der Waals surface area contributed by atoms with E-state index in [4.69, 9.17) is 9.15 Å². The molecule has 1 amide bonds. The van der Waals surface area contributed by atoms with Crippen LogP contribution in [0.4, 0.5) is 0 Å². The van der Waals surface area contributed by atoms with Gasteiger partial charge in [0.2, 0.25) is 0 Å². The normalized spacial score (nSPS) is 11.9. The predicted molar refractivity (Wildman–Crippen MR) is 90.8 cm³/mol. The highest BCUT2D eigenvalue weighted by Crippen LogP contribution is 2.22. The third kappa shape index (κ3) is 4.04. The number of hydrogen-bond donors (Lipinski definition) is 1. The molecule has 1 N–H and O–H groups in total. The van der Waals surface area contributed by atoms with Crippen LogP contribution in [0.1, 0.15) is 45.5 Å². The molecule has 1 aromatic carbocycles. The first kappa shape index (κ1) is 17.8. The first-order valence-electron chi connectivity index (χ1n) is 7.90. The van der Waals surface area contributed by atoms with Gasteiger partial charge in [-0.15, -0.1) is 0 Å². The number of carbonyl (C=O) groups is 2. The smallest absolute Gasteiger partial charge is 0.342 e. The molecule has 0 saturated heterocycles. The number of rotatable bonds is 5. The maximum Gasteiger partial charge on any atom is 0.342 e. The van der Waals surface area contributed by atoms with Gasteiger partial charge in [0.15, 0.2) is 6.10 Å². The van der Waals surface area contributed by atoms with E-state index in [-0.39, 0.29) is 5.91 Å². The molecule has 128 valence electrons. The highest BCUT2D eigenvalue weighted by molar-refractivity contribution is 5.94. The quantitative estimate of drug-likeness (QED) is 0.854. The van der Waals surface area contributed by atoms with Gasteiger partial charge in [-0.1, -0.05) is 29.8 Å². The Morgan fingerprint density at radius 2 is 1.71 bits per heavy atom. The number of hydrogen-bond acceptors (Lipinski definition) is 4. The van der Waals surface area contributed by atoms with Crippen molar-refractivity contribution < 1.29 is 18.7 Å². The Kier molecular flexibility index (Phi) is 5.44. The second-order valence-corrected chi connectivity index (χ2v) is 5.97. The zero-order valence-electron chi connectivity index (χ0n) is 14.7. The molecule has 0 saturated carbocycles. The topological polar surface area (TPSA) is 68.5 Å². The van der Waals surface area contributed by atoms with E-state index in [2.05, 4.69) is 5.32 Å². The highest BCUT2D eigenvalue weighted by Gasteiger charge is 2.24. The number of furan rings is 1. The molecular formula is C19H23NO4. The average molecular weight is 329 g/mol. The van der Waals surface area contributed by atoms with Crippen molar-refractivity contribution in [1.82, 2.24) is 5.32 Å². The van der Waals surface area contributed by atoms with Crippen LogP contribution in [0.5, 0.6) is 0 Å². The monoisotopic (exact) mass is 329 g/mol. The molecule has 5 nitrogen and oxygen atoms in total. The highest BCUT2D eigenvalue weighted by atomic mass is 16.5. The molecule has 0 aliphatic carbocycles. The van der Waals surface area contributed by atoms with Crippen LogP contribution in [0.15, 0.2) is 28.7 Å². The zero-order valence-corrected chi connectivity index (χ0v) is 14.7. The maximum absolute atomic E-state index is 12.3. The van der Waals surface area contributed by atoms with Crippen molar-refractivity contribution in [2.75, 3.05) is 0 Å². The number of amides is 1. The summed E-state index contributed by atoms with van der Waals surface area (Å²) >= 11 is 0. The predicted octanol–water partition coefficient (Wildman–Crippen LogP) is 3.37. The summed E-state index contributed by atoms with van der Waals surface area (Å²) in [6.07, 6.45) is -0.878. The summed E-state index contributed by atoms with van der Waals surface area (Å²) in [6.45, 7) is 9.25. The van der Waals surface area contributed by atoms with Gasteiger partial charge in [0.1, 0.15) is 17.1 Å². The lowest BCUT2D eigenvalue weighted by Crippen LogP contribution is -2.35. The molecule has 0 spiro atoms. The molecule has 1 aromatic heterocycles. The van der Waals surface area contributed by atoms with E-state index >= 15 is 0 Å². The van der Waals surface area contributed by atoms with Crippen LogP contribution in [-0.4, -0.2) is 18.0 Å². The van der Waals surface area contributed by atoms with Gasteiger partial charge in [-0.2, -0.15) is 0 Å². The van der Waals surface area contributed by atoms with Gasteiger partial charge < -0.3 is 14.5 Å². The van der Waals surface area contributed by atoms with E-state index in [9.17, 15) is 9.59 Å². The van der Waals surface area contributed by atoms with Gasteiger partial charge in [-0.25, -0.2) is 4.79 Å². The minimum Gasteiger partial charge on any atom is -0.465 e. The second-order valence-electron chi connectivity index (χ2n) is 5.97. The van der Waals surface area contributed by atoms with Gasteiger partial charge in [-0.05, 0) is 40.2 Å². The van der Waals surface area contributed by atoms with Crippen molar-refractivity contribution in [2.45, 2.75) is 47.3 Å². The van der Waals surface area contributed by atoms with Gasteiger partial charge >= 0.3 is 5.97 Å². The molecule has 0 aliphatic heterocycles. The van der Waals surface area contributed by atoms with E-state index < -0.39 is 12.1 Å². The molecule has 5 heteroatoms. The van der Waals surface area contributed by atoms with Crippen molar-refractivity contribution in [2.24, 2.45) is 0 Å². The molecule has 1 heterocycles. The van der Waals surface area contributed by atoms with Crippen molar-refractivity contribution in [1.29, 1.82) is 0 Å². The second kappa shape index (κ2) is 7.34. The minimum atomic E-state index is -0.878. The molecule has 2 rings (SSSR count). The van der Waals surface area contributed by atoms with Crippen LogP contribution in [0.25, 0.3) is 0 Å². The lowest BCUT2D eigenvalue weighted by atomic mass is 10.1. The molecule has 0 radical (unpaired) electrons. The number of nitrogens with one attached hydrogen (secondary N) is 1. The Bertz CT molecular complexity index is 743. The standard InChI is InChI=1S/C19H23NO4/c1-11-6-8-16(9-7-11)10-20-18(21)15(5)24-19(22)17-12(2)13(3)23-14(17)4/h6-9,15H,10H2,1-5H3,(H,20,21). The first-order chi connectivity index (χ1) is 11.3. The first-order valence-corrected chi connectivity index (χ1v) is 7.90. The molecule has 24 heavy (non-hydrogen) atoms. The molecule has 1 unspecified atom stereocenters. The number of esters is 1. The number of carbonyl (C=O) groups excluding carboxylic acids is 2. The summed E-state index contributed by atoms with van der Waals surface area (Å²) in [6, 6.07) is 7.87. The fourth-order valence-electron chi connectivity index (χ4n) is 2.41. The number of aryl methyl sites for hydroxylation is 3. The Labute approximate surface area is 142 Å². The van der Waals surface area contributed by atoms with E-state index in [1.54, 1.807) is 27.7 Å². The van der Waals surface area contributed by atoms with Crippen molar-refractivity contribution in [3.8, 4) is 0 Å². The summed E-state index contributed by atoms with van der Waals surface area (Å²) in [4.78, 5) is 24.4. The van der Waals surface area contributed by atoms with Gasteiger partial charge in [0, 0.05) is 12.1 Å². The zero-order chi connectivity index (χ0) is 17.9. The molecule has 0 fully saturated rings. The lowest BCUT2D eigenvalue weighted by molar-refractivity contribution is -0.129. The molecule has 0 aliphatic rings. The summed E-state index contributed by atoms with van der Waals surface area (Å²) in [5, 5.41) is 2.77. The number of benzene rings is 1. The Hall–Kier alpha value is -2.56. The third-order valence-corrected chi connectivity index (χ3v) is 4.01. The third-order valence-electron chi connectivity index (χ3n) is 4.01. The average Bonchev–Trinajstić information content (AvgIpc) is 2.79. The van der Waals surface area contributed by atoms with Crippen molar-refractivity contribution in [3.63, 3.8) is 0 Å². The van der Waals surface area contributed by atoms with E-state index in [0.717, 1.165) is 16.7 Å². The lowest BCUT2D eigenvalue weighted by Gasteiger charge is -2.13. The largest absolute Gasteiger partial charge is 0.465 e. The summed E-state index contributed by atoms with van der Waals surface area (Å²) < 4.78 is 10.7. The van der Waals surface area contributed by atoms with E-state index in [1.165, 1.54) is 0 Å². The SMILES string of the molecule is Cc1ccc(CNC(=O)C(C)OC(=O)c2c(C)oc(C)c2C)cc1. The van der Waals surface area contributed by atoms with Gasteiger partial charge in [0.05, 0.1) is 0 Å². The Morgan fingerprint density at radius 1 is 1.08 bits per heavy atom. The van der Waals surface area contributed by atoms with Gasteiger partial charge in [-0.3, -0.25) is 4.79 Å². The molecule has 1 atom stereocenters. The van der Waals surface area contributed by atoms with Crippen molar-refractivity contribution >= 4 is 11.9 Å². The Balaban J connectivity index is 1.93. The summed E-state index contributed by atoms with van der Waals surface area (Å²) in [5.41, 5.74) is 3.29. The van der Waals surface area contributed by atoms with Crippen LogP contribution in [-0.2, 0) is 16.1 Å². The van der Waals surface area contributed by atoms with Crippen LogP contribution in [0.2, 0.25) is 0 Å². The molecule has 2 aromatic rings. The minimum absolute atomic E-state index is 0.334. The van der Waals surface area contributed by atoms with E-state index in [0.29, 0.717) is 23.6 Å². The fraction of sp³-hybridized carbons (Fsp3) is 0.368. The van der Waals surface area contributed by atoms with Crippen molar-refractivity contribution in [3.05, 3.63) is 58.0 Å². The molecular weight excluding hydrogens is 306 g/mol. The maximum atomic E-state index is 12.3. The summed E-state index contributed by atoms with van der Waals surface area (Å²) in [5.74, 6) is 0.303. The van der Waals surface area contributed by atoms with Crippen LogP contribution in [0, 0.1) is 27.7 Å². The van der Waals surface area contributed by atoms with E-state index in [1.807, 2.05) is 31.2 Å². The van der Waals surface area contributed by atoms with Crippen LogP contribution >= 0.6 is 0 Å². The molecule has 0 bridgehead atoms.